The summed E-state index contributed by atoms with van der Waals surface area (Å²) in [5, 5.41) is -0.569. The fraction of sp³-hybridized carbons (Fsp3) is 0.833. The van der Waals surface area contributed by atoms with Gasteiger partial charge in [-0.3, -0.25) is 0 Å². The summed E-state index contributed by atoms with van der Waals surface area (Å²) in [6, 6.07) is 0. The van der Waals surface area contributed by atoms with Crippen molar-refractivity contribution in [2.24, 2.45) is 5.41 Å². The monoisotopic (exact) mass is 218 g/mol. The van der Waals surface area contributed by atoms with Crippen LogP contribution in [0.3, 0.4) is 0 Å². The number of halogens is 1. The number of ether oxygens (including phenoxy) is 1. The Bertz CT molecular complexity index is 193. The first kappa shape index (κ1) is 14.0. The first-order chi connectivity index (χ1) is 6.23. The predicted octanol–water partition coefficient (Wildman–Crippen LogP) is 4.36. The maximum absolute atomic E-state index is 6.50. The zero-order valence-corrected chi connectivity index (χ0v) is 10.9. The standard InChI is InChI=1S/C12H23ClO/c1-7-8-12(13,11(4,5)6)14-9-10(2)3/h2,7-9H2,1,3-6H3. The second-order valence-electron chi connectivity index (χ2n) is 4.97. The molecule has 0 bridgehead atoms. The molecule has 0 saturated heterocycles. The van der Waals surface area contributed by atoms with Gasteiger partial charge >= 0.3 is 0 Å². The van der Waals surface area contributed by atoms with Crippen LogP contribution in [0.5, 0.6) is 0 Å². The fourth-order valence-electron chi connectivity index (χ4n) is 1.22. The van der Waals surface area contributed by atoms with Crippen molar-refractivity contribution in [2.75, 3.05) is 6.61 Å². The van der Waals surface area contributed by atoms with Gasteiger partial charge in [0.2, 0.25) is 0 Å². The van der Waals surface area contributed by atoms with Crippen molar-refractivity contribution in [1.82, 2.24) is 0 Å². The number of rotatable bonds is 5. The van der Waals surface area contributed by atoms with Crippen LogP contribution in [0.25, 0.3) is 0 Å². The second kappa shape index (κ2) is 5.18. The molecule has 0 spiro atoms. The Labute approximate surface area is 93.5 Å². The van der Waals surface area contributed by atoms with E-state index in [0.717, 1.165) is 18.4 Å². The average molecular weight is 219 g/mol. The summed E-state index contributed by atoms with van der Waals surface area (Å²) in [5.74, 6) is 0. The van der Waals surface area contributed by atoms with Crippen molar-refractivity contribution in [3.05, 3.63) is 12.2 Å². The van der Waals surface area contributed by atoms with E-state index in [4.69, 9.17) is 16.3 Å². The zero-order chi connectivity index (χ0) is 11.4. The summed E-state index contributed by atoms with van der Waals surface area (Å²) >= 11 is 6.50. The summed E-state index contributed by atoms with van der Waals surface area (Å²) in [7, 11) is 0. The Kier molecular flexibility index (Phi) is 5.17. The van der Waals surface area contributed by atoms with E-state index in [-0.39, 0.29) is 5.41 Å². The van der Waals surface area contributed by atoms with Crippen molar-refractivity contribution in [3.63, 3.8) is 0 Å². The maximum Gasteiger partial charge on any atom is 0.147 e. The van der Waals surface area contributed by atoms with Gasteiger partial charge in [0.15, 0.2) is 0 Å². The highest BCUT2D eigenvalue weighted by molar-refractivity contribution is 6.23. The van der Waals surface area contributed by atoms with Crippen LogP contribution in [0.1, 0.15) is 47.5 Å². The average Bonchev–Trinajstić information content (AvgIpc) is 1.99. The number of hydrogen-bond acceptors (Lipinski definition) is 1. The minimum atomic E-state index is -0.569. The Morgan fingerprint density at radius 1 is 1.36 bits per heavy atom. The second-order valence-corrected chi connectivity index (χ2v) is 5.58. The van der Waals surface area contributed by atoms with Crippen LogP contribution in [-0.4, -0.2) is 11.7 Å². The van der Waals surface area contributed by atoms with E-state index in [0.29, 0.717) is 6.61 Å². The summed E-state index contributed by atoms with van der Waals surface area (Å²) in [4.78, 5) is 0. The molecule has 0 fully saturated rings. The van der Waals surface area contributed by atoms with Crippen LogP contribution in [0.15, 0.2) is 12.2 Å². The molecule has 0 aromatic heterocycles. The summed E-state index contributed by atoms with van der Waals surface area (Å²) in [5.41, 5.74) is 0.954. The summed E-state index contributed by atoms with van der Waals surface area (Å²) in [6.45, 7) is 14.7. The molecule has 0 saturated carbocycles. The Balaban J connectivity index is 4.47. The molecule has 0 N–H and O–H groups in total. The molecule has 84 valence electrons. The van der Waals surface area contributed by atoms with Crippen LogP contribution >= 0.6 is 11.6 Å². The van der Waals surface area contributed by atoms with E-state index in [1.807, 2.05) is 6.92 Å². The predicted molar refractivity (Wildman–Crippen MR) is 63.7 cm³/mol. The van der Waals surface area contributed by atoms with Crippen molar-refractivity contribution in [1.29, 1.82) is 0 Å². The van der Waals surface area contributed by atoms with Crippen molar-refractivity contribution < 1.29 is 4.74 Å². The van der Waals surface area contributed by atoms with Crippen molar-refractivity contribution in [3.8, 4) is 0 Å². The third-order valence-electron chi connectivity index (χ3n) is 2.24. The van der Waals surface area contributed by atoms with Gasteiger partial charge in [-0.15, -0.1) is 0 Å². The fourth-order valence-corrected chi connectivity index (χ4v) is 1.47. The van der Waals surface area contributed by atoms with Gasteiger partial charge in [-0.2, -0.15) is 0 Å². The topological polar surface area (TPSA) is 9.23 Å². The molecule has 0 radical (unpaired) electrons. The highest BCUT2D eigenvalue weighted by Crippen LogP contribution is 2.41. The minimum absolute atomic E-state index is 0.0555. The smallest absolute Gasteiger partial charge is 0.147 e. The first-order valence-corrected chi connectivity index (χ1v) is 5.58. The van der Waals surface area contributed by atoms with Gasteiger partial charge in [0, 0.05) is 5.41 Å². The molecule has 0 aliphatic heterocycles. The molecule has 0 aromatic rings. The van der Waals surface area contributed by atoms with Crippen molar-refractivity contribution in [2.45, 2.75) is 52.5 Å². The lowest BCUT2D eigenvalue weighted by atomic mass is 9.85. The van der Waals surface area contributed by atoms with Gasteiger partial charge < -0.3 is 4.74 Å². The number of hydrogen-bond donors (Lipinski definition) is 0. The highest BCUT2D eigenvalue weighted by atomic mass is 35.5. The van der Waals surface area contributed by atoms with E-state index in [1.54, 1.807) is 0 Å². The van der Waals surface area contributed by atoms with Crippen LogP contribution in [0.4, 0.5) is 0 Å². The molecule has 0 aromatic carbocycles. The summed E-state index contributed by atoms with van der Waals surface area (Å²) < 4.78 is 5.76. The molecule has 0 aliphatic rings. The lowest BCUT2D eigenvalue weighted by Gasteiger charge is -2.39. The molecule has 0 heterocycles. The molecular weight excluding hydrogens is 196 g/mol. The third kappa shape index (κ3) is 4.02. The Hall–Kier alpha value is -0.0100. The lowest BCUT2D eigenvalue weighted by Crippen LogP contribution is -2.40. The Morgan fingerprint density at radius 3 is 2.14 bits per heavy atom. The van der Waals surface area contributed by atoms with Crippen LogP contribution in [0, 0.1) is 5.41 Å². The maximum atomic E-state index is 6.50. The molecule has 1 unspecified atom stereocenters. The van der Waals surface area contributed by atoms with Crippen molar-refractivity contribution >= 4 is 11.6 Å². The van der Waals surface area contributed by atoms with Gasteiger partial charge in [0.1, 0.15) is 5.06 Å². The molecule has 14 heavy (non-hydrogen) atoms. The molecular formula is C12H23ClO. The van der Waals surface area contributed by atoms with Crippen LogP contribution < -0.4 is 0 Å². The first-order valence-electron chi connectivity index (χ1n) is 5.20. The molecule has 2 heteroatoms. The molecule has 1 atom stereocenters. The van der Waals surface area contributed by atoms with Gasteiger partial charge in [-0.05, 0) is 13.3 Å². The largest absolute Gasteiger partial charge is 0.355 e. The van der Waals surface area contributed by atoms with E-state index < -0.39 is 5.06 Å². The van der Waals surface area contributed by atoms with Gasteiger partial charge in [-0.1, -0.05) is 57.9 Å². The van der Waals surface area contributed by atoms with Crippen LogP contribution in [0.2, 0.25) is 0 Å². The number of alkyl halides is 1. The zero-order valence-electron chi connectivity index (χ0n) is 10.1. The van der Waals surface area contributed by atoms with Crippen LogP contribution in [-0.2, 0) is 4.74 Å². The SMILES string of the molecule is C=C(C)COC(Cl)(CCC)C(C)(C)C. The molecule has 0 amide bonds. The molecule has 0 aliphatic carbocycles. The van der Waals surface area contributed by atoms with E-state index >= 15 is 0 Å². The third-order valence-corrected chi connectivity index (χ3v) is 3.10. The molecule has 0 rings (SSSR count). The van der Waals surface area contributed by atoms with E-state index in [1.165, 1.54) is 0 Å². The Morgan fingerprint density at radius 2 is 1.86 bits per heavy atom. The molecule has 1 nitrogen and oxygen atoms in total. The van der Waals surface area contributed by atoms with Gasteiger partial charge in [0.05, 0.1) is 6.61 Å². The van der Waals surface area contributed by atoms with E-state index in [9.17, 15) is 0 Å². The quantitative estimate of drug-likeness (QED) is 0.492. The summed E-state index contributed by atoms with van der Waals surface area (Å²) in [6.07, 6.45) is 1.89. The lowest BCUT2D eigenvalue weighted by molar-refractivity contribution is -0.0490. The highest BCUT2D eigenvalue weighted by Gasteiger charge is 2.40. The van der Waals surface area contributed by atoms with E-state index in [2.05, 4.69) is 34.3 Å². The van der Waals surface area contributed by atoms with Gasteiger partial charge in [-0.25, -0.2) is 0 Å². The van der Waals surface area contributed by atoms with Gasteiger partial charge in [0.25, 0.3) is 0 Å². The minimum Gasteiger partial charge on any atom is -0.355 e. The normalized spacial score (nSPS) is 16.4.